The van der Waals surface area contributed by atoms with Crippen LogP contribution in [0.4, 0.5) is 0 Å². The van der Waals surface area contributed by atoms with Gasteiger partial charge in [0.15, 0.2) is 5.75 Å². The zero-order chi connectivity index (χ0) is 18.8. The van der Waals surface area contributed by atoms with Crippen LogP contribution in [0.2, 0.25) is 0 Å². The first-order valence-corrected chi connectivity index (χ1v) is 9.87. The third-order valence-corrected chi connectivity index (χ3v) is 5.77. The molecule has 2 aromatic carbocycles. The number of nitrogens with zero attached hydrogens (tertiary/aromatic N) is 1. The van der Waals surface area contributed by atoms with E-state index in [1.807, 2.05) is 12.1 Å². The van der Waals surface area contributed by atoms with Crippen LogP contribution in [0.5, 0.6) is 11.5 Å². The third kappa shape index (κ3) is 4.01. The molecule has 1 fully saturated rings. The van der Waals surface area contributed by atoms with Gasteiger partial charge in [-0.3, -0.25) is 9.69 Å². The van der Waals surface area contributed by atoms with Crippen LogP contribution in [-0.2, 0) is 11.3 Å². The SMILES string of the molecule is O=C1C=Cc2ccc(CN3CCC(c4ccc(Br)cc4)CC3)c(O)c2ON1. The van der Waals surface area contributed by atoms with Gasteiger partial charge in [0, 0.05) is 28.2 Å². The Bertz CT molecular complexity index is 872. The van der Waals surface area contributed by atoms with Crippen molar-refractivity contribution in [1.29, 1.82) is 0 Å². The lowest BCUT2D eigenvalue weighted by Gasteiger charge is -2.32. The molecule has 2 aliphatic heterocycles. The van der Waals surface area contributed by atoms with Crippen molar-refractivity contribution in [2.24, 2.45) is 0 Å². The first-order chi connectivity index (χ1) is 13.1. The molecule has 5 nitrogen and oxygen atoms in total. The fourth-order valence-corrected chi connectivity index (χ4v) is 3.96. The normalized spacial score (nSPS) is 17.7. The molecule has 2 aromatic rings. The zero-order valence-corrected chi connectivity index (χ0v) is 16.4. The van der Waals surface area contributed by atoms with Crippen molar-refractivity contribution in [2.75, 3.05) is 13.1 Å². The lowest BCUT2D eigenvalue weighted by molar-refractivity contribution is -0.122. The average Bonchev–Trinajstić information content (AvgIpc) is 2.87. The Morgan fingerprint density at radius 2 is 1.85 bits per heavy atom. The molecule has 0 unspecified atom stereocenters. The van der Waals surface area contributed by atoms with Gasteiger partial charge < -0.3 is 9.94 Å². The molecule has 6 heteroatoms. The lowest BCUT2D eigenvalue weighted by Crippen LogP contribution is -2.32. The minimum atomic E-state index is -0.345. The number of phenolic OH excluding ortho intramolecular Hbond substituents is 1. The van der Waals surface area contributed by atoms with Gasteiger partial charge in [0.2, 0.25) is 5.75 Å². The number of carbonyl (C=O) groups is 1. The zero-order valence-electron chi connectivity index (χ0n) is 14.8. The summed E-state index contributed by atoms with van der Waals surface area (Å²) in [6.45, 7) is 2.62. The van der Waals surface area contributed by atoms with Gasteiger partial charge in [0.05, 0.1) is 0 Å². The topological polar surface area (TPSA) is 61.8 Å². The highest BCUT2D eigenvalue weighted by Gasteiger charge is 2.23. The Labute approximate surface area is 166 Å². The largest absolute Gasteiger partial charge is 0.504 e. The third-order valence-electron chi connectivity index (χ3n) is 5.24. The monoisotopic (exact) mass is 428 g/mol. The number of amides is 1. The molecule has 0 aromatic heterocycles. The van der Waals surface area contributed by atoms with E-state index in [1.165, 1.54) is 11.6 Å². The summed E-state index contributed by atoms with van der Waals surface area (Å²) in [5, 5.41) is 10.6. The molecular formula is C21H21BrN2O3. The molecule has 2 aliphatic rings. The van der Waals surface area contributed by atoms with Crippen LogP contribution in [0.3, 0.4) is 0 Å². The van der Waals surface area contributed by atoms with E-state index in [-0.39, 0.29) is 11.7 Å². The summed E-state index contributed by atoms with van der Waals surface area (Å²) >= 11 is 3.49. The van der Waals surface area contributed by atoms with Gasteiger partial charge in [-0.25, -0.2) is 0 Å². The van der Waals surface area contributed by atoms with Gasteiger partial charge >= 0.3 is 0 Å². The summed E-state index contributed by atoms with van der Waals surface area (Å²) in [4.78, 5) is 19.0. The average molecular weight is 429 g/mol. The van der Waals surface area contributed by atoms with E-state index in [2.05, 4.69) is 50.6 Å². The molecular weight excluding hydrogens is 408 g/mol. The Morgan fingerprint density at radius 3 is 2.59 bits per heavy atom. The molecule has 4 rings (SSSR count). The van der Waals surface area contributed by atoms with Crippen LogP contribution in [0.25, 0.3) is 6.08 Å². The van der Waals surface area contributed by atoms with Gasteiger partial charge in [0.25, 0.3) is 5.91 Å². The maximum absolute atomic E-state index is 11.4. The second-order valence-electron chi connectivity index (χ2n) is 7.00. The summed E-state index contributed by atoms with van der Waals surface area (Å²) in [5.74, 6) is 0.634. The molecule has 1 amide bonds. The van der Waals surface area contributed by atoms with E-state index >= 15 is 0 Å². The van der Waals surface area contributed by atoms with Gasteiger partial charge in [0.1, 0.15) is 0 Å². The Morgan fingerprint density at radius 1 is 1.11 bits per heavy atom. The first kappa shape index (κ1) is 18.1. The van der Waals surface area contributed by atoms with Crippen molar-refractivity contribution in [3.05, 3.63) is 63.6 Å². The number of phenols is 1. The van der Waals surface area contributed by atoms with Gasteiger partial charge in [-0.15, -0.1) is 0 Å². The number of hydroxylamine groups is 1. The van der Waals surface area contributed by atoms with Gasteiger partial charge in [-0.05, 0) is 55.6 Å². The van der Waals surface area contributed by atoms with Gasteiger partial charge in [-0.1, -0.05) is 40.2 Å². The van der Waals surface area contributed by atoms with Crippen molar-refractivity contribution >= 4 is 27.9 Å². The number of benzene rings is 2. The molecule has 1 saturated heterocycles. The number of hydrogen-bond acceptors (Lipinski definition) is 4. The molecule has 0 spiro atoms. The Kier molecular flexibility index (Phi) is 5.18. The summed E-state index contributed by atoms with van der Waals surface area (Å²) < 4.78 is 1.11. The van der Waals surface area contributed by atoms with Crippen LogP contribution < -0.4 is 10.3 Å². The molecule has 27 heavy (non-hydrogen) atoms. The predicted molar refractivity (Wildman–Crippen MR) is 107 cm³/mol. The van der Waals surface area contributed by atoms with E-state index in [1.54, 1.807) is 6.08 Å². The van der Waals surface area contributed by atoms with E-state index in [9.17, 15) is 9.90 Å². The predicted octanol–water partition coefficient (Wildman–Crippen LogP) is 3.97. The fraction of sp³-hybridized carbons (Fsp3) is 0.286. The van der Waals surface area contributed by atoms with E-state index in [0.717, 1.165) is 36.0 Å². The lowest BCUT2D eigenvalue weighted by atomic mass is 9.89. The summed E-state index contributed by atoms with van der Waals surface area (Å²) in [7, 11) is 0. The van der Waals surface area contributed by atoms with Crippen LogP contribution in [-0.4, -0.2) is 29.0 Å². The number of halogens is 1. The second-order valence-corrected chi connectivity index (χ2v) is 7.91. The maximum Gasteiger partial charge on any atom is 0.276 e. The number of nitrogens with one attached hydrogen (secondary N) is 1. The maximum atomic E-state index is 11.4. The molecule has 0 atom stereocenters. The Balaban J connectivity index is 1.42. The minimum Gasteiger partial charge on any atom is -0.504 e. The summed E-state index contributed by atoms with van der Waals surface area (Å²) in [5.41, 5.74) is 5.18. The van der Waals surface area contributed by atoms with Crippen LogP contribution >= 0.6 is 15.9 Å². The molecule has 0 radical (unpaired) electrons. The van der Waals surface area contributed by atoms with Crippen molar-refractivity contribution in [3.8, 4) is 11.5 Å². The Hall–Kier alpha value is -2.31. The van der Waals surface area contributed by atoms with E-state index in [0.29, 0.717) is 23.8 Å². The molecule has 2 heterocycles. The standard InChI is InChI=1S/C21H21BrN2O3/c22-18-6-3-14(4-7-18)15-9-11-24(12-10-15)13-17-2-1-16-5-8-19(25)23-27-21(16)20(17)26/h1-8,15,26H,9-13H2,(H,23,25). The molecule has 0 saturated carbocycles. The summed E-state index contributed by atoms with van der Waals surface area (Å²) in [6, 6.07) is 12.4. The van der Waals surface area contributed by atoms with Crippen LogP contribution in [0.1, 0.15) is 35.4 Å². The number of aromatic hydroxyl groups is 1. The molecule has 140 valence electrons. The van der Waals surface area contributed by atoms with Crippen LogP contribution in [0.15, 0.2) is 46.9 Å². The second kappa shape index (κ2) is 7.74. The van der Waals surface area contributed by atoms with Crippen molar-refractivity contribution in [2.45, 2.75) is 25.3 Å². The van der Waals surface area contributed by atoms with Gasteiger partial charge in [-0.2, -0.15) is 5.48 Å². The van der Waals surface area contributed by atoms with Crippen LogP contribution in [0, 0.1) is 0 Å². The number of rotatable bonds is 3. The highest BCUT2D eigenvalue weighted by Crippen LogP contribution is 2.37. The molecule has 2 N–H and O–H groups in total. The van der Waals surface area contributed by atoms with Crippen molar-refractivity contribution in [1.82, 2.24) is 10.4 Å². The van der Waals surface area contributed by atoms with Crippen molar-refractivity contribution < 1.29 is 14.7 Å². The highest BCUT2D eigenvalue weighted by atomic mass is 79.9. The van der Waals surface area contributed by atoms with Crippen molar-refractivity contribution in [3.63, 3.8) is 0 Å². The minimum absolute atomic E-state index is 0.0920. The number of likely N-dealkylation sites (tertiary alicyclic amines) is 1. The number of carbonyl (C=O) groups excluding carboxylic acids is 1. The number of hydrogen-bond donors (Lipinski definition) is 2. The summed E-state index contributed by atoms with van der Waals surface area (Å²) in [6.07, 6.45) is 5.23. The first-order valence-electron chi connectivity index (χ1n) is 9.08. The molecule has 0 aliphatic carbocycles. The number of fused-ring (bicyclic) bond motifs is 1. The smallest absolute Gasteiger partial charge is 0.276 e. The highest BCUT2D eigenvalue weighted by molar-refractivity contribution is 9.10. The quantitative estimate of drug-likeness (QED) is 0.775. The molecule has 0 bridgehead atoms. The fourth-order valence-electron chi connectivity index (χ4n) is 3.69. The van der Waals surface area contributed by atoms with E-state index in [4.69, 9.17) is 4.84 Å². The van der Waals surface area contributed by atoms with E-state index < -0.39 is 0 Å². The number of piperidine rings is 1.